The highest BCUT2D eigenvalue weighted by Crippen LogP contribution is 2.28. The van der Waals surface area contributed by atoms with Crippen molar-refractivity contribution in [3.8, 4) is 0 Å². The summed E-state index contributed by atoms with van der Waals surface area (Å²) in [4.78, 5) is 1.26. The Morgan fingerprint density at radius 3 is 2.78 bits per heavy atom. The lowest BCUT2D eigenvalue weighted by atomic mass is 10.1. The summed E-state index contributed by atoms with van der Waals surface area (Å²) in [6.45, 7) is 2.98. The molecule has 2 rings (SSSR count). The van der Waals surface area contributed by atoms with Gasteiger partial charge in [0, 0.05) is 4.90 Å². The zero-order chi connectivity index (χ0) is 12.6. The van der Waals surface area contributed by atoms with Crippen LogP contribution < -0.4 is 0 Å². The van der Waals surface area contributed by atoms with Gasteiger partial charge < -0.3 is 9.47 Å². The Bertz CT molecular complexity index is 329. The van der Waals surface area contributed by atoms with Crippen molar-refractivity contribution in [2.45, 2.75) is 49.7 Å². The third kappa shape index (κ3) is 5.01. The average molecular weight is 266 g/mol. The Morgan fingerprint density at radius 1 is 1.17 bits per heavy atom. The van der Waals surface area contributed by atoms with E-state index in [1.54, 1.807) is 11.8 Å². The lowest BCUT2D eigenvalue weighted by Crippen LogP contribution is -2.04. The van der Waals surface area contributed by atoms with Gasteiger partial charge in [-0.3, -0.25) is 0 Å². The highest BCUT2D eigenvalue weighted by Gasteiger charge is 2.37. The molecule has 0 saturated carbocycles. The molecule has 1 saturated heterocycles. The van der Waals surface area contributed by atoms with Gasteiger partial charge in [-0.25, -0.2) is 0 Å². The summed E-state index contributed by atoms with van der Waals surface area (Å²) in [5.74, 6) is 0.714. The van der Waals surface area contributed by atoms with Crippen LogP contribution in [0.15, 0.2) is 35.2 Å². The molecule has 1 aromatic carbocycles. The molecule has 1 aliphatic rings. The van der Waals surface area contributed by atoms with Crippen LogP contribution in [-0.2, 0) is 9.47 Å². The van der Waals surface area contributed by atoms with Crippen molar-refractivity contribution in [1.29, 1.82) is 0 Å². The van der Waals surface area contributed by atoms with Gasteiger partial charge in [-0.2, -0.15) is 0 Å². The van der Waals surface area contributed by atoms with E-state index in [2.05, 4.69) is 31.2 Å². The van der Waals surface area contributed by atoms with Crippen LogP contribution in [0.3, 0.4) is 0 Å². The lowest BCUT2D eigenvalue weighted by Gasteiger charge is -2.02. The Labute approximate surface area is 114 Å². The van der Waals surface area contributed by atoms with Crippen molar-refractivity contribution in [2.24, 2.45) is 0 Å². The molecule has 0 unspecified atom stereocenters. The second-order valence-corrected chi connectivity index (χ2v) is 5.65. The van der Waals surface area contributed by atoms with E-state index in [0.29, 0.717) is 18.1 Å². The smallest absolute Gasteiger partial charge is 0.107 e. The SMILES string of the molecule is CCCCC[C@H]1O[C@H]1COCSc1ccccc1. The van der Waals surface area contributed by atoms with Crippen molar-refractivity contribution < 1.29 is 9.47 Å². The van der Waals surface area contributed by atoms with Crippen LogP contribution in [0.2, 0.25) is 0 Å². The van der Waals surface area contributed by atoms with Gasteiger partial charge in [0.05, 0.1) is 18.6 Å². The van der Waals surface area contributed by atoms with Crippen LogP contribution in [-0.4, -0.2) is 24.8 Å². The van der Waals surface area contributed by atoms with Gasteiger partial charge in [-0.1, -0.05) is 56.1 Å². The van der Waals surface area contributed by atoms with E-state index in [-0.39, 0.29) is 0 Å². The Balaban J connectivity index is 1.48. The third-order valence-electron chi connectivity index (χ3n) is 3.11. The molecule has 1 aromatic rings. The van der Waals surface area contributed by atoms with E-state index < -0.39 is 0 Å². The van der Waals surface area contributed by atoms with E-state index in [1.165, 1.54) is 30.6 Å². The molecule has 1 heterocycles. The van der Waals surface area contributed by atoms with Gasteiger partial charge in [-0.15, -0.1) is 0 Å². The fraction of sp³-hybridized carbons (Fsp3) is 0.600. The molecule has 0 aromatic heterocycles. The minimum absolute atomic E-state index is 0.359. The quantitative estimate of drug-likeness (QED) is 0.291. The summed E-state index contributed by atoms with van der Waals surface area (Å²) >= 11 is 1.74. The molecule has 0 bridgehead atoms. The highest BCUT2D eigenvalue weighted by molar-refractivity contribution is 7.99. The standard InChI is InChI=1S/C15H22O2S/c1-2-3-5-10-14-15(17-14)11-16-12-18-13-8-6-4-7-9-13/h4,6-9,14-15H,2-3,5,10-12H2,1H3/t14-,15+/m1/s1. The molecule has 3 heteroatoms. The first-order chi connectivity index (χ1) is 8.90. The normalized spacial score (nSPS) is 22.1. The first-order valence-corrected chi connectivity index (χ1v) is 7.79. The first kappa shape index (κ1) is 13.9. The number of ether oxygens (including phenoxy) is 2. The molecule has 100 valence electrons. The molecule has 0 spiro atoms. The zero-order valence-electron chi connectivity index (χ0n) is 11.0. The lowest BCUT2D eigenvalue weighted by molar-refractivity contribution is 0.158. The molecule has 0 radical (unpaired) electrons. The molecule has 18 heavy (non-hydrogen) atoms. The molecule has 0 amide bonds. The van der Waals surface area contributed by atoms with Gasteiger partial charge in [-0.05, 0) is 18.6 Å². The Hall–Kier alpha value is -0.510. The largest absolute Gasteiger partial charge is 0.368 e. The summed E-state index contributed by atoms with van der Waals surface area (Å²) in [6, 6.07) is 10.3. The fourth-order valence-electron chi connectivity index (χ4n) is 1.97. The number of hydrogen-bond donors (Lipinski definition) is 0. The highest BCUT2D eigenvalue weighted by atomic mass is 32.2. The molecular formula is C15H22O2S. The Kier molecular flexibility index (Phi) is 6.05. The minimum Gasteiger partial charge on any atom is -0.368 e. The van der Waals surface area contributed by atoms with Gasteiger partial charge in [0.2, 0.25) is 0 Å². The average Bonchev–Trinajstić information content (AvgIpc) is 3.15. The number of epoxide rings is 1. The maximum Gasteiger partial charge on any atom is 0.107 e. The van der Waals surface area contributed by atoms with E-state index in [9.17, 15) is 0 Å². The van der Waals surface area contributed by atoms with Crippen LogP contribution in [0.25, 0.3) is 0 Å². The summed E-state index contributed by atoms with van der Waals surface area (Å²) in [5.41, 5.74) is 0. The summed E-state index contributed by atoms with van der Waals surface area (Å²) in [6.07, 6.45) is 5.92. The van der Waals surface area contributed by atoms with Crippen LogP contribution in [0.1, 0.15) is 32.6 Å². The maximum atomic E-state index is 5.64. The molecule has 2 nitrogen and oxygen atoms in total. The van der Waals surface area contributed by atoms with Crippen molar-refractivity contribution >= 4 is 11.8 Å². The van der Waals surface area contributed by atoms with Gasteiger partial charge >= 0.3 is 0 Å². The zero-order valence-corrected chi connectivity index (χ0v) is 11.8. The van der Waals surface area contributed by atoms with Crippen molar-refractivity contribution in [3.05, 3.63) is 30.3 Å². The van der Waals surface area contributed by atoms with Crippen LogP contribution >= 0.6 is 11.8 Å². The predicted octanol–water partition coefficient (Wildman–Crippen LogP) is 4.10. The third-order valence-corrected chi connectivity index (χ3v) is 4.00. The van der Waals surface area contributed by atoms with Gasteiger partial charge in [0.1, 0.15) is 6.10 Å². The second-order valence-electron chi connectivity index (χ2n) is 4.65. The summed E-state index contributed by atoms with van der Waals surface area (Å²) in [7, 11) is 0. The molecule has 0 aliphatic carbocycles. The van der Waals surface area contributed by atoms with Crippen molar-refractivity contribution in [2.75, 3.05) is 12.5 Å². The van der Waals surface area contributed by atoms with Crippen LogP contribution in [0.4, 0.5) is 0 Å². The molecular weight excluding hydrogens is 244 g/mol. The number of hydrogen-bond acceptors (Lipinski definition) is 3. The molecule has 2 atom stereocenters. The van der Waals surface area contributed by atoms with Gasteiger partial charge in [0.25, 0.3) is 0 Å². The van der Waals surface area contributed by atoms with Crippen LogP contribution in [0.5, 0.6) is 0 Å². The maximum absolute atomic E-state index is 5.64. The monoisotopic (exact) mass is 266 g/mol. The van der Waals surface area contributed by atoms with Crippen molar-refractivity contribution in [3.63, 3.8) is 0 Å². The van der Waals surface area contributed by atoms with E-state index in [0.717, 1.165) is 6.61 Å². The summed E-state index contributed by atoms with van der Waals surface area (Å²) in [5, 5.41) is 0. The molecule has 1 fully saturated rings. The number of unbranched alkanes of at least 4 members (excludes halogenated alkanes) is 2. The second kappa shape index (κ2) is 7.82. The summed E-state index contributed by atoms with van der Waals surface area (Å²) < 4.78 is 11.2. The van der Waals surface area contributed by atoms with E-state index in [4.69, 9.17) is 9.47 Å². The first-order valence-electron chi connectivity index (χ1n) is 6.81. The number of benzene rings is 1. The fourth-order valence-corrected chi connectivity index (χ4v) is 2.63. The van der Waals surface area contributed by atoms with Crippen molar-refractivity contribution in [1.82, 2.24) is 0 Å². The minimum atomic E-state index is 0.359. The molecule has 1 aliphatic heterocycles. The number of rotatable bonds is 9. The van der Waals surface area contributed by atoms with E-state index >= 15 is 0 Å². The topological polar surface area (TPSA) is 21.8 Å². The van der Waals surface area contributed by atoms with Gasteiger partial charge in [0.15, 0.2) is 0 Å². The Morgan fingerprint density at radius 2 is 2.00 bits per heavy atom. The molecule has 0 N–H and O–H groups in total. The van der Waals surface area contributed by atoms with Crippen LogP contribution in [0, 0.1) is 0 Å². The van der Waals surface area contributed by atoms with E-state index in [1.807, 2.05) is 6.07 Å². The predicted molar refractivity (Wildman–Crippen MR) is 75.9 cm³/mol. The number of thioether (sulfide) groups is 1.